The molecule has 2 aromatic heterocycles. The molecule has 0 amide bonds. The van der Waals surface area contributed by atoms with Crippen molar-refractivity contribution in [2.45, 2.75) is 57.7 Å². The van der Waals surface area contributed by atoms with E-state index in [1.807, 2.05) is 18.5 Å². The second-order valence-corrected chi connectivity index (χ2v) is 6.97. The molecule has 22 heavy (non-hydrogen) atoms. The van der Waals surface area contributed by atoms with E-state index >= 15 is 0 Å². The molecule has 2 aromatic rings. The standard InChI is InChI=1S/C17H22BN4/c1-11(2)17-19-6-5-15(21-17)14-10-20-22(13-8-18-9-13)16(14)7-12-3-4-12/h5-6,10-13H,3-4,7-9H2,1-2H3. The Kier molecular flexibility index (Phi) is 3.51. The van der Waals surface area contributed by atoms with Gasteiger partial charge in [-0.1, -0.05) is 26.5 Å². The molecule has 2 aliphatic rings. The third kappa shape index (κ3) is 2.57. The number of hydrogen-bond acceptors (Lipinski definition) is 3. The SMILES string of the molecule is CC(C)c1nccc(-c2cnn(C3C[B]C3)c2CC2CC2)n1. The van der Waals surface area contributed by atoms with E-state index in [0.717, 1.165) is 36.5 Å². The van der Waals surface area contributed by atoms with Gasteiger partial charge in [0.05, 0.1) is 11.9 Å². The molecule has 1 saturated carbocycles. The van der Waals surface area contributed by atoms with Crippen LogP contribution in [0.2, 0.25) is 12.6 Å². The Morgan fingerprint density at radius 3 is 2.77 bits per heavy atom. The van der Waals surface area contributed by atoms with Crippen molar-refractivity contribution < 1.29 is 0 Å². The van der Waals surface area contributed by atoms with Crippen molar-refractivity contribution in [1.82, 2.24) is 19.7 Å². The van der Waals surface area contributed by atoms with Gasteiger partial charge in [-0.2, -0.15) is 5.10 Å². The molecule has 4 rings (SSSR count). The smallest absolute Gasteiger partial charge is 0.131 e. The largest absolute Gasteiger partial charge is 0.267 e. The van der Waals surface area contributed by atoms with Gasteiger partial charge in [0, 0.05) is 29.4 Å². The average Bonchev–Trinajstić information content (AvgIpc) is 3.19. The lowest BCUT2D eigenvalue weighted by Gasteiger charge is -2.27. The Hall–Kier alpha value is -1.65. The molecule has 0 bridgehead atoms. The summed E-state index contributed by atoms with van der Waals surface area (Å²) < 4.78 is 2.27. The van der Waals surface area contributed by atoms with Gasteiger partial charge in [-0.15, -0.1) is 0 Å². The Bertz CT molecular complexity index is 671. The van der Waals surface area contributed by atoms with E-state index in [9.17, 15) is 0 Å². The van der Waals surface area contributed by atoms with Crippen LogP contribution in [0.1, 0.15) is 50.2 Å². The van der Waals surface area contributed by atoms with E-state index in [1.54, 1.807) is 0 Å². The molecule has 0 aromatic carbocycles. The van der Waals surface area contributed by atoms with Crippen molar-refractivity contribution in [2.24, 2.45) is 5.92 Å². The molecule has 0 unspecified atom stereocenters. The summed E-state index contributed by atoms with van der Waals surface area (Å²) in [5, 5.41) is 4.71. The van der Waals surface area contributed by atoms with Gasteiger partial charge < -0.3 is 0 Å². The fraction of sp³-hybridized carbons (Fsp3) is 0.588. The first-order chi connectivity index (χ1) is 10.7. The van der Waals surface area contributed by atoms with Crippen molar-refractivity contribution in [2.75, 3.05) is 0 Å². The van der Waals surface area contributed by atoms with E-state index < -0.39 is 0 Å². The fourth-order valence-corrected chi connectivity index (χ4v) is 3.03. The first-order valence-corrected chi connectivity index (χ1v) is 8.43. The van der Waals surface area contributed by atoms with E-state index in [1.165, 1.54) is 24.1 Å². The first-order valence-electron chi connectivity index (χ1n) is 8.43. The van der Waals surface area contributed by atoms with Gasteiger partial charge in [0.15, 0.2) is 0 Å². The fourth-order valence-electron chi connectivity index (χ4n) is 3.03. The van der Waals surface area contributed by atoms with Crippen molar-refractivity contribution >= 4 is 7.28 Å². The molecule has 1 aliphatic heterocycles. The van der Waals surface area contributed by atoms with E-state index in [0.29, 0.717) is 12.0 Å². The van der Waals surface area contributed by atoms with Crippen LogP contribution in [0.15, 0.2) is 18.5 Å². The van der Waals surface area contributed by atoms with Gasteiger partial charge in [0.2, 0.25) is 0 Å². The minimum absolute atomic E-state index is 0.350. The monoisotopic (exact) mass is 293 g/mol. The zero-order chi connectivity index (χ0) is 15.1. The lowest BCUT2D eigenvalue weighted by Crippen LogP contribution is -2.24. The topological polar surface area (TPSA) is 43.6 Å². The van der Waals surface area contributed by atoms with Crippen LogP contribution in [-0.4, -0.2) is 27.0 Å². The Morgan fingerprint density at radius 2 is 2.14 bits per heavy atom. The maximum Gasteiger partial charge on any atom is 0.131 e. The maximum absolute atomic E-state index is 4.78. The molecule has 4 nitrogen and oxygen atoms in total. The number of nitrogens with zero attached hydrogens (tertiary/aromatic N) is 4. The van der Waals surface area contributed by atoms with Crippen molar-refractivity contribution in [3.8, 4) is 11.3 Å². The summed E-state index contributed by atoms with van der Waals surface area (Å²) in [6.07, 6.45) is 10.1. The summed E-state index contributed by atoms with van der Waals surface area (Å²) >= 11 is 0. The highest BCUT2D eigenvalue weighted by Crippen LogP contribution is 2.38. The van der Waals surface area contributed by atoms with Crippen LogP contribution < -0.4 is 0 Å². The second-order valence-electron chi connectivity index (χ2n) is 6.97. The highest BCUT2D eigenvalue weighted by molar-refractivity contribution is 6.39. The summed E-state index contributed by atoms with van der Waals surface area (Å²) in [4.78, 5) is 9.17. The highest BCUT2D eigenvalue weighted by Gasteiger charge is 2.30. The van der Waals surface area contributed by atoms with Gasteiger partial charge in [0.25, 0.3) is 0 Å². The quantitative estimate of drug-likeness (QED) is 0.792. The third-order valence-corrected chi connectivity index (χ3v) is 4.77. The minimum atomic E-state index is 0.350. The summed E-state index contributed by atoms with van der Waals surface area (Å²) in [6.45, 7) is 4.27. The highest BCUT2D eigenvalue weighted by atomic mass is 15.3. The predicted octanol–water partition coefficient (Wildman–Crippen LogP) is 3.51. The Labute approximate surface area is 132 Å². The second kappa shape index (κ2) is 5.52. The van der Waals surface area contributed by atoms with Gasteiger partial charge in [-0.3, -0.25) is 4.68 Å². The molecule has 1 saturated heterocycles. The lowest BCUT2D eigenvalue weighted by molar-refractivity contribution is 0.473. The van der Waals surface area contributed by atoms with Crippen LogP contribution in [0.5, 0.6) is 0 Å². The molecule has 1 radical (unpaired) electrons. The third-order valence-electron chi connectivity index (χ3n) is 4.77. The molecule has 0 N–H and O–H groups in total. The molecular formula is C17H22BN4. The number of aromatic nitrogens is 4. The summed E-state index contributed by atoms with van der Waals surface area (Å²) in [5.41, 5.74) is 3.63. The normalized spacial score (nSPS) is 18.3. The predicted molar refractivity (Wildman–Crippen MR) is 88.2 cm³/mol. The van der Waals surface area contributed by atoms with Crippen LogP contribution in [0, 0.1) is 5.92 Å². The molecule has 1 aliphatic carbocycles. The summed E-state index contributed by atoms with van der Waals surface area (Å²) in [7, 11) is 2.34. The molecule has 0 atom stereocenters. The van der Waals surface area contributed by atoms with E-state index in [2.05, 4.69) is 30.8 Å². The number of rotatable bonds is 5. The molecule has 5 heteroatoms. The molecule has 0 spiro atoms. The van der Waals surface area contributed by atoms with Crippen LogP contribution in [0.3, 0.4) is 0 Å². The van der Waals surface area contributed by atoms with Crippen molar-refractivity contribution in [3.05, 3.63) is 30.0 Å². The van der Waals surface area contributed by atoms with Crippen molar-refractivity contribution in [3.63, 3.8) is 0 Å². The van der Waals surface area contributed by atoms with Gasteiger partial charge in [0.1, 0.15) is 13.1 Å². The van der Waals surface area contributed by atoms with Crippen LogP contribution in [-0.2, 0) is 6.42 Å². The molecule has 3 heterocycles. The number of hydrogen-bond donors (Lipinski definition) is 0. The summed E-state index contributed by atoms with van der Waals surface area (Å²) in [6, 6.07) is 2.59. The average molecular weight is 293 g/mol. The first kappa shape index (κ1) is 14.0. The Balaban J connectivity index is 1.73. The maximum atomic E-state index is 4.78. The Morgan fingerprint density at radius 1 is 1.32 bits per heavy atom. The van der Waals surface area contributed by atoms with E-state index in [4.69, 9.17) is 10.1 Å². The molecular weight excluding hydrogens is 271 g/mol. The molecule has 113 valence electrons. The zero-order valence-corrected chi connectivity index (χ0v) is 13.4. The summed E-state index contributed by atoms with van der Waals surface area (Å²) in [5.74, 6) is 2.12. The van der Waals surface area contributed by atoms with E-state index in [-0.39, 0.29) is 0 Å². The van der Waals surface area contributed by atoms with Gasteiger partial charge in [-0.25, -0.2) is 9.97 Å². The van der Waals surface area contributed by atoms with Crippen LogP contribution in [0.4, 0.5) is 0 Å². The lowest BCUT2D eigenvalue weighted by atomic mass is 9.54. The van der Waals surface area contributed by atoms with Crippen LogP contribution in [0.25, 0.3) is 11.3 Å². The van der Waals surface area contributed by atoms with Gasteiger partial charge in [-0.05, 0) is 31.2 Å². The zero-order valence-electron chi connectivity index (χ0n) is 13.4. The minimum Gasteiger partial charge on any atom is -0.267 e. The van der Waals surface area contributed by atoms with Crippen LogP contribution >= 0.6 is 0 Å². The van der Waals surface area contributed by atoms with Crippen molar-refractivity contribution in [1.29, 1.82) is 0 Å². The van der Waals surface area contributed by atoms with Gasteiger partial charge >= 0.3 is 0 Å². The molecule has 2 fully saturated rings.